The summed E-state index contributed by atoms with van der Waals surface area (Å²) in [6, 6.07) is 15.4. The van der Waals surface area contributed by atoms with E-state index in [0.29, 0.717) is 23.4 Å². The highest BCUT2D eigenvalue weighted by Gasteiger charge is 2.15. The van der Waals surface area contributed by atoms with Crippen molar-refractivity contribution < 1.29 is 9.53 Å². The molecule has 2 aromatic heterocycles. The van der Waals surface area contributed by atoms with E-state index in [1.807, 2.05) is 55.5 Å². The summed E-state index contributed by atoms with van der Waals surface area (Å²) in [4.78, 5) is 30.0. The molecule has 8 heteroatoms. The molecule has 0 saturated heterocycles. The summed E-state index contributed by atoms with van der Waals surface area (Å²) < 4.78 is 8.38. The van der Waals surface area contributed by atoms with Gasteiger partial charge >= 0.3 is 0 Å². The van der Waals surface area contributed by atoms with Crippen molar-refractivity contribution in [3.05, 3.63) is 82.0 Å². The zero-order valence-corrected chi connectivity index (χ0v) is 18.3. The number of aryl methyl sites for hydroxylation is 2. The third-order valence-corrected chi connectivity index (χ3v) is 5.34. The smallest absolute Gasteiger partial charge is 0.264 e. The number of hydrogen-bond acceptors (Lipinski definition) is 5. The lowest BCUT2D eigenvalue weighted by atomic mass is 10.2. The van der Waals surface area contributed by atoms with Crippen LogP contribution in [0.1, 0.15) is 23.4 Å². The molecule has 0 aliphatic carbocycles. The van der Waals surface area contributed by atoms with Crippen molar-refractivity contribution in [2.24, 2.45) is 0 Å². The van der Waals surface area contributed by atoms with Crippen molar-refractivity contribution in [3.8, 4) is 11.4 Å². The number of methoxy groups -OCH3 is 1. The van der Waals surface area contributed by atoms with Gasteiger partial charge in [-0.15, -0.1) is 0 Å². The zero-order chi connectivity index (χ0) is 22.7. The summed E-state index contributed by atoms with van der Waals surface area (Å²) in [5.74, 6) is 1.14. The van der Waals surface area contributed by atoms with Crippen LogP contribution in [0.4, 0.5) is 0 Å². The Morgan fingerprint density at radius 3 is 2.66 bits per heavy atom. The first-order valence-electron chi connectivity index (χ1n) is 10.4. The number of carbonyl (C=O) groups excluding carboxylic acids is 1. The maximum atomic E-state index is 13.0. The van der Waals surface area contributed by atoms with Gasteiger partial charge in [0.05, 0.1) is 19.0 Å². The number of nitrogens with one attached hydrogen (secondary N) is 1. The standard InChI is InChI=1S/C24H25N5O3/c1-16-7-9-19(10-8-16)29-23-21(15-26-29)24(31)28(17(2)27-23)12-11-22(30)25-14-18-5-4-6-20(13-18)32-3/h4-10,13,15H,11-12,14H2,1-3H3,(H,25,30). The Bertz CT molecular complexity index is 1320. The summed E-state index contributed by atoms with van der Waals surface area (Å²) in [6.45, 7) is 4.41. The maximum absolute atomic E-state index is 13.0. The number of rotatable bonds is 7. The Kier molecular flexibility index (Phi) is 6.02. The van der Waals surface area contributed by atoms with Gasteiger partial charge in [-0.1, -0.05) is 29.8 Å². The molecule has 0 aliphatic rings. The van der Waals surface area contributed by atoms with E-state index in [-0.39, 0.29) is 24.4 Å². The third-order valence-electron chi connectivity index (χ3n) is 5.34. The Balaban J connectivity index is 1.48. The molecule has 0 atom stereocenters. The Labute approximate surface area is 185 Å². The SMILES string of the molecule is COc1cccc(CNC(=O)CCn2c(C)nc3c(cnn3-c3ccc(C)cc3)c2=O)c1. The van der Waals surface area contributed by atoms with E-state index in [1.54, 1.807) is 18.7 Å². The monoisotopic (exact) mass is 431 g/mol. The van der Waals surface area contributed by atoms with Gasteiger partial charge in [0.25, 0.3) is 5.56 Å². The molecule has 0 spiro atoms. The van der Waals surface area contributed by atoms with Gasteiger partial charge in [-0.25, -0.2) is 9.67 Å². The fraction of sp³-hybridized carbons (Fsp3) is 0.250. The highest BCUT2D eigenvalue weighted by Crippen LogP contribution is 2.15. The molecular weight excluding hydrogens is 406 g/mol. The van der Waals surface area contributed by atoms with Gasteiger partial charge in [0.1, 0.15) is 17.0 Å². The van der Waals surface area contributed by atoms with Crippen molar-refractivity contribution in [1.29, 1.82) is 0 Å². The van der Waals surface area contributed by atoms with Crippen LogP contribution in [0.25, 0.3) is 16.7 Å². The molecule has 4 rings (SSSR count). The second kappa shape index (κ2) is 9.05. The van der Waals surface area contributed by atoms with Gasteiger partial charge in [-0.05, 0) is 43.7 Å². The van der Waals surface area contributed by atoms with E-state index in [2.05, 4.69) is 15.4 Å². The molecule has 8 nitrogen and oxygen atoms in total. The minimum Gasteiger partial charge on any atom is -0.497 e. The molecule has 0 bridgehead atoms. The lowest BCUT2D eigenvalue weighted by Gasteiger charge is -2.11. The molecular formula is C24H25N5O3. The number of carbonyl (C=O) groups is 1. The van der Waals surface area contributed by atoms with Crippen LogP contribution in [0.5, 0.6) is 5.75 Å². The van der Waals surface area contributed by atoms with Crippen LogP contribution < -0.4 is 15.6 Å². The van der Waals surface area contributed by atoms with Crippen LogP contribution >= 0.6 is 0 Å². The van der Waals surface area contributed by atoms with Crippen LogP contribution in [-0.4, -0.2) is 32.3 Å². The summed E-state index contributed by atoms with van der Waals surface area (Å²) in [5.41, 5.74) is 3.23. The van der Waals surface area contributed by atoms with Crippen molar-refractivity contribution in [2.75, 3.05) is 7.11 Å². The van der Waals surface area contributed by atoms with Crippen molar-refractivity contribution in [2.45, 2.75) is 33.4 Å². The van der Waals surface area contributed by atoms with Crippen molar-refractivity contribution >= 4 is 16.9 Å². The van der Waals surface area contributed by atoms with Crippen molar-refractivity contribution in [1.82, 2.24) is 24.6 Å². The van der Waals surface area contributed by atoms with E-state index < -0.39 is 0 Å². The topological polar surface area (TPSA) is 91.0 Å². The number of aromatic nitrogens is 4. The molecule has 1 N–H and O–H groups in total. The molecule has 0 unspecified atom stereocenters. The zero-order valence-electron chi connectivity index (χ0n) is 18.3. The average molecular weight is 431 g/mol. The molecule has 164 valence electrons. The number of benzene rings is 2. The summed E-state index contributed by atoms with van der Waals surface area (Å²) in [6.07, 6.45) is 1.70. The molecule has 32 heavy (non-hydrogen) atoms. The lowest BCUT2D eigenvalue weighted by Crippen LogP contribution is -2.29. The van der Waals surface area contributed by atoms with Crippen LogP contribution in [-0.2, 0) is 17.9 Å². The molecule has 0 radical (unpaired) electrons. The largest absolute Gasteiger partial charge is 0.497 e. The predicted octanol–water partition coefficient (Wildman–Crippen LogP) is 2.91. The molecule has 1 amide bonds. The van der Waals surface area contributed by atoms with Gasteiger partial charge in [0.15, 0.2) is 5.65 Å². The van der Waals surface area contributed by atoms with Gasteiger partial charge in [-0.3, -0.25) is 14.2 Å². The van der Waals surface area contributed by atoms with E-state index in [0.717, 1.165) is 22.6 Å². The number of nitrogens with zero attached hydrogens (tertiary/aromatic N) is 4. The van der Waals surface area contributed by atoms with E-state index in [4.69, 9.17) is 4.74 Å². The third kappa shape index (κ3) is 4.39. The lowest BCUT2D eigenvalue weighted by molar-refractivity contribution is -0.121. The minimum absolute atomic E-state index is 0.144. The predicted molar refractivity (Wildman–Crippen MR) is 122 cm³/mol. The first-order valence-corrected chi connectivity index (χ1v) is 10.4. The molecule has 0 saturated carbocycles. The van der Waals surface area contributed by atoms with Crippen LogP contribution in [0.15, 0.2) is 59.5 Å². The van der Waals surface area contributed by atoms with E-state index in [9.17, 15) is 9.59 Å². The normalized spacial score (nSPS) is 11.0. The molecule has 2 aromatic carbocycles. The maximum Gasteiger partial charge on any atom is 0.264 e. The Morgan fingerprint density at radius 1 is 1.12 bits per heavy atom. The fourth-order valence-corrected chi connectivity index (χ4v) is 3.53. The molecule has 0 fully saturated rings. The Hall–Kier alpha value is -3.94. The van der Waals surface area contributed by atoms with Gasteiger partial charge in [0, 0.05) is 19.5 Å². The quantitative estimate of drug-likeness (QED) is 0.486. The van der Waals surface area contributed by atoms with E-state index in [1.165, 1.54) is 10.8 Å². The number of hydrogen-bond donors (Lipinski definition) is 1. The van der Waals surface area contributed by atoms with Crippen LogP contribution in [0.3, 0.4) is 0 Å². The van der Waals surface area contributed by atoms with E-state index >= 15 is 0 Å². The summed E-state index contributed by atoms with van der Waals surface area (Å²) in [5, 5.41) is 7.67. The number of amides is 1. The summed E-state index contributed by atoms with van der Waals surface area (Å²) >= 11 is 0. The second-order valence-corrected chi connectivity index (χ2v) is 7.62. The first kappa shape index (κ1) is 21.3. The van der Waals surface area contributed by atoms with Gasteiger partial charge < -0.3 is 10.1 Å². The summed E-state index contributed by atoms with van der Waals surface area (Å²) in [7, 11) is 1.60. The number of fused-ring (bicyclic) bond motifs is 1. The van der Waals surface area contributed by atoms with Crippen molar-refractivity contribution in [3.63, 3.8) is 0 Å². The molecule has 0 aliphatic heterocycles. The fourth-order valence-electron chi connectivity index (χ4n) is 3.53. The highest BCUT2D eigenvalue weighted by atomic mass is 16.5. The minimum atomic E-state index is -0.202. The van der Waals surface area contributed by atoms with Gasteiger partial charge in [0.2, 0.25) is 5.91 Å². The average Bonchev–Trinajstić information content (AvgIpc) is 3.22. The molecule has 4 aromatic rings. The Morgan fingerprint density at radius 2 is 1.91 bits per heavy atom. The first-order chi connectivity index (χ1) is 15.5. The highest BCUT2D eigenvalue weighted by molar-refractivity contribution is 5.76. The second-order valence-electron chi connectivity index (χ2n) is 7.62. The molecule has 2 heterocycles. The van der Waals surface area contributed by atoms with Crippen LogP contribution in [0.2, 0.25) is 0 Å². The van der Waals surface area contributed by atoms with Gasteiger partial charge in [-0.2, -0.15) is 5.10 Å². The number of ether oxygens (including phenoxy) is 1. The van der Waals surface area contributed by atoms with Crippen LogP contribution in [0, 0.1) is 13.8 Å².